The lowest BCUT2D eigenvalue weighted by molar-refractivity contribution is -0.0554. The third kappa shape index (κ3) is 3.31. The Bertz CT molecular complexity index is 377. The topological polar surface area (TPSA) is 65.1 Å². The summed E-state index contributed by atoms with van der Waals surface area (Å²) in [5.41, 5.74) is 4.82. The van der Waals surface area contributed by atoms with Crippen LogP contribution in [0.25, 0.3) is 0 Å². The van der Waals surface area contributed by atoms with Crippen LogP contribution in [0.4, 0.5) is 0 Å². The van der Waals surface area contributed by atoms with Gasteiger partial charge >= 0.3 is 0 Å². The molecule has 1 aromatic rings. The first-order chi connectivity index (χ1) is 8.46. The van der Waals surface area contributed by atoms with Crippen LogP contribution in [0.2, 0.25) is 0 Å². The van der Waals surface area contributed by atoms with Crippen LogP contribution in [0.5, 0.6) is 0 Å². The first-order valence-electron chi connectivity index (χ1n) is 6.56. The lowest BCUT2D eigenvalue weighted by Crippen LogP contribution is -2.54. The number of hydrogen-bond acceptors (Lipinski definition) is 4. The second kappa shape index (κ2) is 6.31. The molecule has 2 atom stereocenters. The van der Waals surface area contributed by atoms with Gasteiger partial charge in [0.05, 0.1) is 17.3 Å². The Morgan fingerprint density at radius 3 is 2.61 bits per heavy atom. The van der Waals surface area contributed by atoms with Gasteiger partial charge in [0.15, 0.2) is 0 Å². The zero-order valence-electron chi connectivity index (χ0n) is 12.2. The number of hydrogen-bond donors (Lipinski definition) is 2. The van der Waals surface area contributed by atoms with Crippen molar-refractivity contribution in [3.05, 3.63) is 17.5 Å². The van der Waals surface area contributed by atoms with Gasteiger partial charge in [-0.05, 0) is 33.3 Å². The van der Waals surface area contributed by atoms with Crippen molar-refractivity contribution in [3.63, 3.8) is 0 Å². The van der Waals surface area contributed by atoms with Crippen molar-refractivity contribution < 1.29 is 4.74 Å². The van der Waals surface area contributed by atoms with E-state index in [0.717, 1.165) is 24.2 Å². The number of nitrogens with one attached hydrogen (secondary N) is 1. The zero-order valence-corrected chi connectivity index (χ0v) is 12.2. The molecule has 1 aromatic heterocycles. The first kappa shape index (κ1) is 15.1. The number of aryl methyl sites for hydroxylation is 2. The second-order valence-electron chi connectivity index (χ2n) is 4.92. The smallest absolute Gasteiger partial charge is 0.0821 e. The maximum absolute atomic E-state index is 5.88. The largest absolute Gasteiger partial charge is 0.374 e. The third-order valence-corrected chi connectivity index (χ3v) is 3.63. The van der Waals surface area contributed by atoms with Crippen molar-refractivity contribution in [2.24, 2.45) is 12.9 Å². The molecule has 3 N–H and O–H groups in total. The predicted molar refractivity (Wildman–Crippen MR) is 73.1 cm³/mol. The molecule has 5 nitrogen and oxygen atoms in total. The summed E-state index contributed by atoms with van der Waals surface area (Å²) in [5, 5.41) is 4.36. The highest BCUT2D eigenvalue weighted by atomic mass is 16.5. The number of hydrazine groups is 1. The molecule has 0 radical (unpaired) electrons. The molecule has 0 spiro atoms. The maximum Gasteiger partial charge on any atom is 0.0821 e. The number of rotatable bonds is 7. The Hall–Kier alpha value is -0.910. The van der Waals surface area contributed by atoms with Gasteiger partial charge in [-0.3, -0.25) is 16.0 Å². The van der Waals surface area contributed by atoms with Crippen LogP contribution in [0.3, 0.4) is 0 Å². The highest BCUT2D eigenvalue weighted by Crippen LogP contribution is 2.23. The predicted octanol–water partition coefficient (Wildman–Crippen LogP) is 1.31. The summed E-state index contributed by atoms with van der Waals surface area (Å²) in [6.45, 7) is 8.91. The van der Waals surface area contributed by atoms with Crippen molar-refractivity contribution in [2.45, 2.75) is 52.2 Å². The van der Waals surface area contributed by atoms with Crippen molar-refractivity contribution in [2.75, 3.05) is 6.61 Å². The van der Waals surface area contributed by atoms with Crippen LogP contribution >= 0.6 is 0 Å². The van der Waals surface area contributed by atoms with E-state index in [0.29, 0.717) is 6.61 Å². The molecule has 0 aliphatic heterocycles. The van der Waals surface area contributed by atoms with Gasteiger partial charge in [0.1, 0.15) is 0 Å². The van der Waals surface area contributed by atoms with E-state index in [-0.39, 0.29) is 11.6 Å². The third-order valence-electron chi connectivity index (χ3n) is 3.63. The quantitative estimate of drug-likeness (QED) is 0.569. The van der Waals surface area contributed by atoms with Crippen LogP contribution < -0.4 is 11.3 Å². The summed E-state index contributed by atoms with van der Waals surface area (Å²) in [7, 11) is 1.96. The zero-order chi connectivity index (χ0) is 13.8. The van der Waals surface area contributed by atoms with E-state index in [2.05, 4.69) is 30.4 Å². The molecule has 0 aliphatic rings. The van der Waals surface area contributed by atoms with Gasteiger partial charge in [0.25, 0.3) is 0 Å². The Morgan fingerprint density at radius 1 is 1.56 bits per heavy atom. The summed E-state index contributed by atoms with van der Waals surface area (Å²) in [6, 6.07) is 2.16. The van der Waals surface area contributed by atoms with Gasteiger partial charge in [-0.15, -0.1) is 0 Å². The van der Waals surface area contributed by atoms with Crippen LogP contribution in [-0.4, -0.2) is 28.0 Å². The van der Waals surface area contributed by atoms with Crippen molar-refractivity contribution in [3.8, 4) is 0 Å². The standard InChI is InChI=1S/C13H26N4O/c1-6-13(4,18-7-2)12(15-14)9-11-8-10(3)16-17(11)5/h8,12,15H,6-7,9,14H2,1-5H3. The molecule has 2 unspecified atom stereocenters. The summed E-state index contributed by atoms with van der Waals surface area (Å²) < 4.78 is 7.78. The fourth-order valence-electron chi connectivity index (χ4n) is 2.29. The minimum atomic E-state index is -0.262. The summed E-state index contributed by atoms with van der Waals surface area (Å²) >= 11 is 0. The summed E-state index contributed by atoms with van der Waals surface area (Å²) in [5.74, 6) is 5.71. The highest BCUT2D eigenvalue weighted by Gasteiger charge is 2.33. The van der Waals surface area contributed by atoms with E-state index < -0.39 is 0 Å². The van der Waals surface area contributed by atoms with Gasteiger partial charge in [0, 0.05) is 25.8 Å². The molecule has 104 valence electrons. The Labute approximate surface area is 110 Å². The van der Waals surface area contributed by atoms with Crippen LogP contribution in [-0.2, 0) is 18.2 Å². The molecular weight excluding hydrogens is 228 g/mol. The molecule has 0 saturated heterocycles. The van der Waals surface area contributed by atoms with Crippen molar-refractivity contribution in [1.82, 2.24) is 15.2 Å². The SMILES string of the molecule is CCOC(C)(CC)C(Cc1cc(C)nn1C)NN. The molecule has 0 aromatic carbocycles. The van der Waals surface area contributed by atoms with E-state index >= 15 is 0 Å². The van der Waals surface area contributed by atoms with E-state index in [9.17, 15) is 0 Å². The number of nitrogens with zero attached hydrogens (tertiary/aromatic N) is 2. The van der Waals surface area contributed by atoms with Gasteiger partial charge in [-0.2, -0.15) is 5.10 Å². The Balaban J connectivity index is 2.86. The molecular formula is C13H26N4O. The first-order valence-corrected chi connectivity index (χ1v) is 6.56. The van der Waals surface area contributed by atoms with Gasteiger partial charge < -0.3 is 4.74 Å². The summed E-state index contributed by atoms with van der Waals surface area (Å²) in [4.78, 5) is 0. The van der Waals surface area contributed by atoms with E-state index in [1.807, 2.05) is 25.6 Å². The Morgan fingerprint density at radius 2 is 2.22 bits per heavy atom. The number of aromatic nitrogens is 2. The average Bonchev–Trinajstić information content (AvgIpc) is 2.64. The van der Waals surface area contributed by atoms with Crippen LogP contribution in [0.1, 0.15) is 38.6 Å². The molecule has 0 saturated carbocycles. The second-order valence-corrected chi connectivity index (χ2v) is 4.92. The molecule has 1 heterocycles. The lowest BCUT2D eigenvalue weighted by atomic mass is 9.90. The van der Waals surface area contributed by atoms with E-state index in [1.54, 1.807) is 0 Å². The van der Waals surface area contributed by atoms with Gasteiger partial charge in [-0.1, -0.05) is 6.92 Å². The molecule has 0 amide bonds. The van der Waals surface area contributed by atoms with E-state index in [4.69, 9.17) is 10.6 Å². The maximum atomic E-state index is 5.88. The lowest BCUT2D eigenvalue weighted by Gasteiger charge is -2.36. The van der Waals surface area contributed by atoms with Crippen LogP contribution in [0, 0.1) is 6.92 Å². The van der Waals surface area contributed by atoms with E-state index in [1.165, 1.54) is 0 Å². The minimum absolute atomic E-state index is 0.0669. The minimum Gasteiger partial charge on any atom is -0.374 e. The average molecular weight is 254 g/mol. The molecule has 18 heavy (non-hydrogen) atoms. The fourth-order valence-corrected chi connectivity index (χ4v) is 2.29. The van der Waals surface area contributed by atoms with Gasteiger partial charge in [0.2, 0.25) is 0 Å². The summed E-state index contributed by atoms with van der Waals surface area (Å²) in [6.07, 6.45) is 1.71. The molecule has 1 rings (SSSR count). The van der Waals surface area contributed by atoms with Gasteiger partial charge in [-0.25, -0.2) is 0 Å². The fraction of sp³-hybridized carbons (Fsp3) is 0.769. The molecule has 5 heteroatoms. The highest BCUT2D eigenvalue weighted by molar-refractivity contribution is 5.11. The van der Waals surface area contributed by atoms with Crippen LogP contribution in [0.15, 0.2) is 6.07 Å². The number of ether oxygens (including phenoxy) is 1. The molecule has 0 bridgehead atoms. The van der Waals surface area contributed by atoms with Crippen molar-refractivity contribution >= 4 is 0 Å². The van der Waals surface area contributed by atoms with Crippen molar-refractivity contribution in [1.29, 1.82) is 0 Å². The normalized spacial score (nSPS) is 16.6. The monoisotopic (exact) mass is 254 g/mol. The molecule has 0 fully saturated rings. The number of nitrogens with two attached hydrogens (primary N) is 1. The molecule has 0 aliphatic carbocycles. The Kier molecular flexibility index (Phi) is 5.31.